The highest BCUT2D eigenvalue weighted by atomic mass is 16.3. The number of unbranched alkanes of at least 4 members (excludes halogenated alkanes) is 1. The lowest BCUT2D eigenvalue weighted by atomic mass is 10.3. The summed E-state index contributed by atoms with van der Waals surface area (Å²) in [5, 5.41) is 11.9. The van der Waals surface area contributed by atoms with E-state index in [1.54, 1.807) is 6.92 Å². The molecule has 0 aliphatic rings. The summed E-state index contributed by atoms with van der Waals surface area (Å²) in [7, 11) is 0. The van der Waals surface area contributed by atoms with Gasteiger partial charge in [-0.2, -0.15) is 0 Å². The molecule has 0 aliphatic carbocycles. The first-order chi connectivity index (χ1) is 4.68. The first-order valence-corrected chi connectivity index (χ1v) is 3.85. The molecular weight excluding hydrogens is 128 g/mol. The molecule has 0 heterocycles. The Morgan fingerprint density at radius 3 is 2.60 bits per heavy atom. The average Bonchev–Trinajstić information content (AvgIpc) is 1.88. The molecule has 2 unspecified atom stereocenters. The molecule has 2 atom stereocenters. The Balaban J connectivity index is 3.13. The molecule has 62 valence electrons. The quantitative estimate of drug-likeness (QED) is 0.379. The smallest absolute Gasteiger partial charge is 0.0811 e. The van der Waals surface area contributed by atoms with Crippen molar-refractivity contribution in [2.75, 3.05) is 6.54 Å². The van der Waals surface area contributed by atoms with Crippen molar-refractivity contribution in [1.29, 1.82) is 0 Å². The molecule has 0 aromatic rings. The molecule has 0 saturated carbocycles. The maximum atomic E-state index is 8.93. The average molecular weight is 146 g/mol. The Morgan fingerprint density at radius 1 is 1.60 bits per heavy atom. The molecule has 0 aromatic carbocycles. The third-order valence-corrected chi connectivity index (χ3v) is 1.43. The van der Waals surface area contributed by atoms with Crippen LogP contribution in [0.15, 0.2) is 0 Å². The van der Waals surface area contributed by atoms with Crippen molar-refractivity contribution in [3.63, 3.8) is 0 Å². The largest absolute Gasteiger partial charge is 0.390 e. The molecule has 0 spiro atoms. The molecule has 0 aliphatic heterocycles. The maximum Gasteiger partial charge on any atom is 0.0811 e. The second-order valence-electron chi connectivity index (χ2n) is 2.57. The summed E-state index contributed by atoms with van der Waals surface area (Å²) in [6, 6.07) is 0. The van der Waals surface area contributed by atoms with Gasteiger partial charge < -0.3 is 10.8 Å². The zero-order chi connectivity index (χ0) is 7.98. The van der Waals surface area contributed by atoms with Crippen molar-refractivity contribution in [3.05, 3.63) is 0 Å². The highest BCUT2D eigenvalue weighted by Gasteiger charge is 2.05. The topological polar surface area (TPSA) is 58.3 Å². The Hall–Kier alpha value is -0.120. The first kappa shape index (κ1) is 9.88. The number of aliphatic hydroxyl groups is 1. The van der Waals surface area contributed by atoms with Crippen LogP contribution in [-0.2, 0) is 0 Å². The fraction of sp³-hybridized carbons (Fsp3) is 1.00. The summed E-state index contributed by atoms with van der Waals surface area (Å²) in [6.07, 6.45) is 1.53. The van der Waals surface area contributed by atoms with E-state index in [2.05, 4.69) is 12.2 Å². The zero-order valence-corrected chi connectivity index (χ0v) is 6.80. The highest BCUT2D eigenvalue weighted by molar-refractivity contribution is 4.63. The summed E-state index contributed by atoms with van der Waals surface area (Å²) in [6.45, 7) is 4.70. The standard InChI is InChI=1S/C7H18N2O/c1-3-4-5-9-7(8)6(2)10/h6-7,9-10H,3-5,8H2,1-2H3. The van der Waals surface area contributed by atoms with Crippen LogP contribution < -0.4 is 11.1 Å². The van der Waals surface area contributed by atoms with Crippen LogP contribution in [0.3, 0.4) is 0 Å². The fourth-order valence-corrected chi connectivity index (χ4v) is 0.616. The first-order valence-electron chi connectivity index (χ1n) is 3.85. The van der Waals surface area contributed by atoms with Gasteiger partial charge in [0.25, 0.3) is 0 Å². The van der Waals surface area contributed by atoms with E-state index in [-0.39, 0.29) is 6.17 Å². The van der Waals surface area contributed by atoms with Gasteiger partial charge in [0, 0.05) is 0 Å². The van der Waals surface area contributed by atoms with Crippen molar-refractivity contribution in [3.8, 4) is 0 Å². The van der Waals surface area contributed by atoms with E-state index in [0.29, 0.717) is 0 Å². The molecule has 0 amide bonds. The third kappa shape index (κ3) is 4.73. The summed E-state index contributed by atoms with van der Waals surface area (Å²) in [5.74, 6) is 0. The number of hydrogen-bond donors (Lipinski definition) is 3. The Labute approximate surface area is 62.6 Å². The molecule has 0 radical (unpaired) electrons. The van der Waals surface area contributed by atoms with Crippen molar-refractivity contribution in [1.82, 2.24) is 5.32 Å². The minimum atomic E-state index is -0.461. The van der Waals surface area contributed by atoms with E-state index in [1.807, 2.05) is 0 Å². The number of rotatable bonds is 5. The van der Waals surface area contributed by atoms with Crippen LogP contribution in [0.1, 0.15) is 26.7 Å². The number of aliphatic hydroxyl groups excluding tert-OH is 1. The molecule has 4 N–H and O–H groups in total. The SMILES string of the molecule is CCCCNC(N)C(C)O. The normalized spacial score (nSPS) is 16.8. The van der Waals surface area contributed by atoms with Gasteiger partial charge in [-0.05, 0) is 19.9 Å². The van der Waals surface area contributed by atoms with Gasteiger partial charge >= 0.3 is 0 Å². The summed E-state index contributed by atoms with van der Waals surface area (Å²) < 4.78 is 0. The van der Waals surface area contributed by atoms with Gasteiger partial charge in [-0.3, -0.25) is 5.32 Å². The molecule has 10 heavy (non-hydrogen) atoms. The van der Waals surface area contributed by atoms with Crippen molar-refractivity contribution in [2.45, 2.75) is 39.0 Å². The monoisotopic (exact) mass is 146 g/mol. The molecular formula is C7H18N2O. The summed E-state index contributed by atoms with van der Waals surface area (Å²) >= 11 is 0. The van der Waals surface area contributed by atoms with E-state index in [9.17, 15) is 0 Å². The van der Waals surface area contributed by atoms with Crippen LogP contribution in [0.4, 0.5) is 0 Å². The lowest BCUT2D eigenvalue weighted by molar-refractivity contribution is 0.147. The van der Waals surface area contributed by atoms with Crippen LogP contribution in [-0.4, -0.2) is 23.9 Å². The Morgan fingerprint density at radius 2 is 2.20 bits per heavy atom. The maximum absolute atomic E-state index is 8.93. The van der Waals surface area contributed by atoms with Gasteiger partial charge in [-0.15, -0.1) is 0 Å². The van der Waals surface area contributed by atoms with E-state index in [0.717, 1.165) is 19.4 Å². The van der Waals surface area contributed by atoms with E-state index in [4.69, 9.17) is 10.8 Å². The van der Waals surface area contributed by atoms with Gasteiger partial charge in [0.2, 0.25) is 0 Å². The zero-order valence-electron chi connectivity index (χ0n) is 6.80. The minimum absolute atomic E-state index is 0.272. The lowest BCUT2D eigenvalue weighted by Gasteiger charge is -2.15. The molecule has 3 nitrogen and oxygen atoms in total. The Kier molecular flexibility index (Phi) is 5.58. The number of hydrogen-bond acceptors (Lipinski definition) is 3. The number of nitrogens with one attached hydrogen (secondary N) is 1. The molecule has 0 rings (SSSR count). The Bertz CT molecular complexity index is 76.0. The van der Waals surface area contributed by atoms with Gasteiger partial charge in [0.05, 0.1) is 12.3 Å². The van der Waals surface area contributed by atoms with Crippen LogP contribution in [0.2, 0.25) is 0 Å². The van der Waals surface area contributed by atoms with Gasteiger partial charge in [0.1, 0.15) is 0 Å². The summed E-state index contributed by atoms with van der Waals surface area (Å²) in [4.78, 5) is 0. The van der Waals surface area contributed by atoms with Crippen LogP contribution in [0, 0.1) is 0 Å². The predicted octanol–water partition coefficient (Wildman–Crippen LogP) is 0.0417. The van der Waals surface area contributed by atoms with E-state index in [1.165, 1.54) is 0 Å². The van der Waals surface area contributed by atoms with Crippen molar-refractivity contribution >= 4 is 0 Å². The second kappa shape index (κ2) is 5.65. The molecule has 0 saturated heterocycles. The summed E-state index contributed by atoms with van der Waals surface area (Å²) in [5.41, 5.74) is 5.50. The fourth-order valence-electron chi connectivity index (χ4n) is 0.616. The van der Waals surface area contributed by atoms with Crippen molar-refractivity contribution in [2.24, 2.45) is 5.73 Å². The number of nitrogens with two attached hydrogens (primary N) is 1. The minimum Gasteiger partial charge on any atom is -0.390 e. The van der Waals surface area contributed by atoms with Crippen LogP contribution >= 0.6 is 0 Å². The van der Waals surface area contributed by atoms with Crippen molar-refractivity contribution < 1.29 is 5.11 Å². The molecule has 3 heteroatoms. The van der Waals surface area contributed by atoms with E-state index < -0.39 is 6.10 Å². The third-order valence-electron chi connectivity index (χ3n) is 1.43. The van der Waals surface area contributed by atoms with Crippen LogP contribution in [0.25, 0.3) is 0 Å². The second-order valence-corrected chi connectivity index (χ2v) is 2.57. The lowest BCUT2D eigenvalue weighted by Crippen LogP contribution is -2.45. The van der Waals surface area contributed by atoms with E-state index >= 15 is 0 Å². The molecule has 0 bridgehead atoms. The molecule has 0 fully saturated rings. The highest BCUT2D eigenvalue weighted by Crippen LogP contribution is 1.86. The van der Waals surface area contributed by atoms with Gasteiger partial charge in [0.15, 0.2) is 0 Å². The van der Waals surface area contributed by atoms with Crippen LogP contribution in [0.5, 0.6) is 0 Å². The molecule has 0 aromatic heterocycles. The van der Waals surface area contributed by atoms with Gasteiger partial charge in [-0.1, -0.05) is 13.3 Å². The predicted molar refractivity (Wildman–Crippen MR) is 42.6 cm³/mol. The van der Waals surface area contributed by atoms with Gasteiger partial charge in [-0.25, -0.2) is 0 Å².